The highest BCUT2D eigenvalue weighted by atomic mass is 16.6. The van der Waals surface area contributed by atoms with Gasteiger partial charge in [-0.2, -0.15) is 0 Å². The van der Waals surface area contributed by atoms with E-state index in [0.717, 1.165) is 31.6 Å². The lowest BCUT2D eigenvalue weighted by Crippen LogP contribution is -2.51. The van der Waals surface area contributed by atoms with Gasteiger partial charge in [-0.05, 0) is 69.6 Å². The van der Waals surface area contributed by atoms with Crippen molar-refractivity contribution in [1.29, 1.82) is 0 Å². The number of nitrogens with one attached hydrogen (secondary N) is 4. The molecule has 1 aromatic rings. The highest BCUT2D eigenvalue weighted by Crippen LogP contribution is 2.18. The van der Waals surface area contributed by atoms with Crippen molar-refractivity contribution < 1.29 is 29.0 Å². The van der Waals surface area contributed by atoms with Gasteiger partial charge >= 0.3 is 5.97 Å². The summed E-state index contributed by atoms with van der Waals surface area (Å²) in [7, 11) is 1.88. The number of aliphatic carboxylic acids is 1. The largest absolute Gasteiger partial charge is 0.480 e. The van der Waals surface area contributed by atoms with Crippen LogP contribution < -0.4 is 27.0 Å². The molecule has 2 saturated heterocycles. The number of epoxide rings is 1. The Hall–Kier alpha value is -3.69. The SMILES string of the molecule is C#CN.C=C/C=C(\C)C1CO1.CCC.CNCCCCC(=O)Nc1ccc(CC(NC(=O)C2NCOC2C)C(=O)O)cc1. The molecular weight excluding hydrogens is 550 g/mol. The summed E-state index contributed by atoms with van der Waals surface area (Å²) in [5.74, 6) is -1.56. The molecule has 3 rings (SSSR count). The second-order valence-electron chi connectivity index (χ2n) is 9.95. The number of ether oxygens (including phenoxy) is 2. The zero-order chi connectivity index (χ0) is 32.6. The molecule has 0 spiro atoms. The van der Waals surface area contributed by atoms with E-state index in [1.807, 2.05) is 13.1 Å². The fourth-order valence-corrected chi connectivity index (χ4v) is 3.67. The quantitative estimate of drug-likeness (QED) is 0.0655. The van der Waals surface area contributed by atoms with Crippen LogP contribution in [-0.2, 0) is 30.3 Å². The molecule has 0 radical (unpaired) electrons. The number of carboxylic acid groups (broad SMARTS) is 1. The molecular formula is C32H51N5O6. The Morgan fingerprint density at radius 3 is 2.30 bits per heavy atom. The van der Waals surface area contributed by atoms with Crippen LogP contribution in [0.5, 0.6) is 0 Å². The van der Waals surface area contributed by atoms with Crippen LogP contribution in [-0.4, -0.2) is 74.1 Å². The molecule has 11 heteroatoms. The Kier molecular flexibility index (Phi) is 21.8. The van der Waals surface area contributed by atoms with Crippen LogP contribution in [0.3, 0.4) is 0 Å². The van der Waals surface area contributed by atoms with Crippen molar-refractivity contribution in [3.05, 3.63) is 54.1 Å². The van der Waals surface area contributed by atoms with Crippen LogP contribution >= 0.6 is 0 Å². The first-order valence-corrected chi connectivity index (χ1v) is 14.6. The van der Waals surface area contributed by atoms with Gasteiger partial charge in [-0.3, -0.25) is 14.9 Å². The fourth-order valence-electron chi connectivity index (χ4n) is 3.67. The number of hydrogen-bond acceptors (Lipinski definition) is 8. The van der Waals surface area contributed by atoms with E-state index in [4.69, 9.17) is 9.47 Å². The van der Waals surface area contributed by atoms with E-state index in [1.54, 1.807) is 43.3 Å². The zero-order valence-electron chi connectivity index (χ0n) is 26.3. The molecule has 2 fully saturated rings. The first kappa shape index (κ1) is 39.3. The van der Waals surface area contributed by atoms with Gasteiger partial charge in [0.1, 0.15) is 18.2 Å². The maximum atomic E-state index is 12.3. The molecule has 2 aliphatic rings. The highest BCUT2D eigenvalue weighted by Gasteiger charge is 2.33. The van der Waals surface area contributed by atoms with Gasteiger partial charge in [-0.15, -0.1) is 0 Å². The minimum absolute atomic E-state index is 0.0510. The van der Waals surface area contributed by atoms with E-state index in [0.29, 0.717) is 18.2 Å². The summed E-state index contributed by atoms with van der Waals surface area (Å²) in [4.78, 5) is 35.8. The molecule has 2 aliphatic heterocycles. The van der Waals surface area contributed by atoms with E-state index in [9.17, 15) is 19.5 Å². The van der Waals surface area contributed by atoms with Crippen molar-refractivity contribution in [1.82, 2.24) is 16.0 Å². The second kappa shape index (κ2) is 23.8. The lowest BCUT2D eigenvalue weighted by molar-refractivity contribution is -0.142. The summed E-state index contributed by atoms with van der Waals surface area (Å²) in [5.41, 5.74) is 7.05. The Morgan fingerprint density at radius 1 is 1.23 bits per heavy atom. The molecule has 2 heterocycles. The monoisotopic (exact) mass is 601 g/mol. The van der Waals surface area contributed by atoms with Crippen LogP contribution in [0.1, 0.15) is 58.9 Å². The number of hydrogen-bond donors (Lipinski definition) is 6. The Bertz CT molecular complexity index is 1030. The third-order valence-electron chi connectivity index (χ3n) is 6.00. The van der Waals surface area contributed by atoms with Gasteiger partial charge in [0.15, 0.2) is 0 Å². The third kappa shape index (κ3) is 18.5. The number of benzene rings is 1. The molecule has 11 nitrogen and oxygen atoms in total. The fraction of sp³-hybridized carbons (Fsp3) is 0.531. The van der Waals surface area contributed by atoms with Crippen molar-refractivity contribution in [3.8, 4) is 12.5 Å². The Balaban J connectivity index is 0.00000104. The standard InChI is InChI=1S/C20H30N4O5.C7H10O.C3H8.C2H3N/c1-13-18(22-12-29-13)19(26)24-16(20(27)28)11-14-6-8-15(9-7-14)23-17(25)5-3-4-10-21-2;1-3-4-6(2)7-5-8-7;1-3-2;1-2-3/h6-9,13,16,18,21-22H,3-5,10-12H2,1-2H3,(H,23,25)(H,24,26)(H,27,28);3-4,7H,1,5H2,2H3;3H2,1-2H3;1H,3H2/b;6-4+;;. The van der Waals surface area contributed by atoms with Crippen LogP contribution in [0.25, 0.3) is 0 Å². The predicted molar refractivity (Wildman–Crippen MR) is 171 cm³/mol. The smallest absolute Gasteiger partial charge is 0.326 e. The predicted octanol–water partition coefficient (Wildman–Crippen LogP) is 2.93. The number of carbonyl (C=O) groups excluding carboxylic acids is 2. The second-order valence-corrected chi connectivity index (χ2v) is 9.95. The summed E-state index contributed by atoms with van der Waals surface area (Å²) in [6.45, 7) is 13.7. The van der Waals surface area contributed by atoms with Gasteiger partial charge in [0.25, 0.3) is 0 Å². The molecule has 240 valence electrons. The number of allylic oxidation sites excluding steroid dienone is 2. The Labute approximate surface area is 257 Å². The van der Waals surface area contributed by atoms with Gasteiger partial charge < -0.3 is 36.3 Å². The maximum Gasteiger partial charge on any atom is 0.326 e. The molecule has 7 N–H and O–H groups in total. The molecule has 0 bridgehead atoms. The number of terminal acetylenes is 1. The van der Waals surface area contributed by atoms with Crippen LogP contribution in [0, 0.1) is 12.5 Å². The topological polar surface area (TPSA) is 167 Å². The minimum Gasteiger partial charge on any atom is -0.480 e. The van der Waals surface area contributed by atoms with Crippen molar-refractivity contribution in [2.45, 2.75) is 84.1 Å². The van der Waals surface area contributed by atoms with E-state index in [-0.39, 0.29) is 25.2 Å². The number of carboxylic acids is 1. The summed E-state index contributed by atoms with van der Waals surface area (Å²) in [6.07, 6.45) is 11.8. The average Bonchev–Trinajstić information content (AvgIpc) is 3.73. The highest BCUT2D eigenvalue weighted by molar-refractivity contribution is 5.90. The van der Waals surface area contributed by atoms with Crippen LogP contribution in [0.4, 0.5) is 5.69 Å². The number of anilines is 1. The number of nitrogens with two attached hydrogens (primary N) is 1. The maximum absolute atomic E-state index is 12.3. The van der Waals surface area contributed by atoms with Crippen LogP contribution in [0.2, 0.25) is 0 Å². The van der Waals surface area contributed by atoms with E-state index >= 15 is 0 Å². The minimum atomic E-state index is -1.11. The summed E-state index contributed by atoms with van der Waals surface area (Å²) in [5, 5.41) is 20.8. The third-order valence-corrected chi connectivity index (χ3v) is 6.00. The molecule has 1 aromatic carbocycles. The van der Waals surface area contributed by atoms with E-state index < -0.39 is 24.0 Å². The Morgan fingerprint density at radius 2 is 1.84 bits per heavy atom. The van der Waals surface area contributed by atoms with Gasteiger partial charge in [-0.25, -0.2) is 4.79 Å². The van der Waals surface area contributed by atoms with Gasteiger partial charge in [-0.1, -0.05) is 57.6 Å². The molecule has 0 aromatic heterocycles. The zero-order valence-corrected chi connectivity index (χ0v) is 26.3. The molecule has 2 amide bonds. The van der Waals surface area contributed by atoms with E-state index in [2.05, 4.69) is 60.8 Å². The molecule has 4 unspecified atom stereocenters. The summed E-state index contributed by atoms with van der Waals surface area (Å²) < 4.78 is 10.3. The molecule has 0 saturated carbocycles. The van der Waals surface area contributed by atoms with Crippen molar-refractivity contribution >= 4 is 23.5 Å². The number of unbranched alkanes of at least 4 members (excludes halogenated alkanes) is 1. The molecule has 43 heavy (non-hydrogen) atoms. The van der Waals surface area contributed by atoms with Crippen molar-refractivity contribution in [3.63, 3.8) is 0 Å². The van der Waals surface area contributed by atoms with Crippen LogP contribution in [0.15, 0.2) is 48.6 Å². The normalized spacial score (nSPS) is 18.9. The number of amides is 2. The lowest BCUT2D eigenvalue weighted by atomic mass is 10.0. The molecule has 4 atom stereocenters. The van der Waals surface area contributed by atoms with Crippen molar-refractivity contribution in [2.75, 3.05) is 32.2 Å². The summed E-state index contributed by atoms with van der Waals surface area (Å²) >= 11 is 0. The van der Waals surface area contributed by atoms with Gasteiger partial charge in [0.05, 0.1) is 19.4 Å². The number of carbonyl (C=O) groups is 3. The molecule has 0 aliphatic carbocycles. The number of rotatable bonds is 13. The first-order valence-electron chi connectivity index (χ1n) is 14.6. The van der Waals surface area contributed by atoms with E-state index in [1.165, 1.54) is 12.0 Å². The van der Waals surface area contributed by atoms with Gasteiger partial charge in [0.2, 0.25) is 11.8 Å². The summed E-state index contributed by atoms with van der Waals surface area (Å²) in [6, 6.07) is 7.09. The van der Waals surface area contributed by atoms with Gasteiger partial charge in [0, 0.05) is 18.5 Å². The first-order chi connectivity index (χ1) is 20.6. The average molecular weight is 602 g/mol. The van der Waals surface area contributed by atoms with Crippen molar-refractivity contribution in [2.24, 2.45) is 5.73 Å². The lowest BCUT2D eigenvalue weighted by Gasteiger charge is -2.19.